The van der Waals surface area contributed by atoms with Gasteiger partial charge in [-0.05, 0) is 37.0 Å². The Labute approximate surface area is 85.2 Å². The van der Waals surface area contributed by atoms with Crippen molar-refractivity contribution in [1.29, 1.82) is 0 Å². The third-order valence-corrected chi connectivity index (χ3v) is 2.32. The fourth-order valence-electron chi connectivity index (χ4n) is 1.47. The summed E-state index contributed by atoms with van der Waals surface area (Å²) < 4.78 is 0. The van der Waals surface area contributed by atoms with Gasteiger partial charge < -0.3 is 10.2 Å². The average molecular weight is 194 g/mol. The van der Waals surface area contributed by atoms with E-state index in [0.717, 1.165) is 31.2 Å². The molecule has 0 saturated carbocycles. The molecule has 2 N–H and O–H groups in total. The lowest BCUT2D eigenvalue weighted by atomic mass is 10.0. The Bertz CT molecular complexity index is 254. The van der Waals surface area contributed by atoms with E-state index >= 15 is 0 Å². The highest BCUT2D eigenvalue weighted by Crippen LogP contribution is 2.13. The van der Waals surface area contributed by atoms with Gasteiger partial charge in [0, 0.05) is 0 Å². The van der Waals surface area contributed by atoms with Gasteiger partial charge in [0.25, 0.3) is 0 Å². The molecule has 78 valence electrons. The molecule has 0 heterocycles. The zero-order valence-electron chi connectivity index (χ0n) is 8.61. The van der Waals surface area contributed by atoms with Crippen LogP contribution in [0.1, 0.15) is 31.7 Å². The van der Waals surface area contributed by atoms with Crippen LogP contribution >= 0.6 is 0 Å². The first kappa shape index (κ1) is 11.1. The number of rotatable bonds is 5. The SMILES string of the molecule is CCCC(O)CCc1ccc(O)cc1. The molecule has 0 amide bonds. The van der Waals surface area contributed by atoms with Crippen molar-refractivity contribution in [1.82, 2.24) is 0 Å². The molecular weight excluding hydrogens is 176 g/mol. The summed E-state index contributed by atoms with van der Waals surface area (Å²) in [5, 5.41) is 18.6. The summed E-state index contributed by atoms with van der Waals surface area (Å²) in [4.78, 5) is 0. The molecule has 1 rings (SSSR count). The van der Waals surface area contributed by atoms with Crippen molar-refractivity contribution in [2.24, 2.45) is 0 Å². The number of phenols is 1. The van der Waals surface area contributed by atoms with E-state index in [0.29, 0.717) is 5.75 Å². The number of aryl methyl sites for hydroxylation is 1. The van der Waals surface area contributed by atoms with Gasteiger partial charge in [-0.15, -0.1) is 0 Å². The molecule has 2 nitrogen and oxygen atoms in total. The van der Waals surface area contributed by atoms with Crippen LogP contribution in [0.4, 0.5) is 0 Å². The molecule has 0 spiro atoms. The number of aliphatic hydroxyl groups is 1. The summed E-state index contributed by atoms with van der Waals surface area (Å²) in [6.07, 6.45) is 3.39. The summed E-state index contributed by atoms with van der Waals surface area (Å²) in [5.41, 5.74) is 1.16. The van der Waals surface area contributed by atoms with Crippen LogP contribution in [0.5, 0.6) is 5.75 Å². The van der Waals surface area contributed by atoms with Gasteiger partial charge in [-0.25, -0.2) is 0 Å². The Morgan fingerprint density at radius 1 is 1.14 bits per heavy atom. The van der Waals surface area contributed by atoms with E-state index in [9.17, 15) is 5.11 Å². The molecule has 2 heteroatoms. The Hall–Kier alpha value is -1.02. The van der Waals surface area contributed by atoms with Crippen LogP contribution < -0.4 is 0 Å². The molecule has 0 radical (unpaired) electrons. The summed E-state index contributed by atoms with van der Waals surface area (Å²) in [5.74, 6) is 0.294. The number of aromatic hydroxyl groups is 1. The second-order valence-electron chi connectivity index (χ2n) is 3.65. The first-order valence-corrected chi connectivity index (χ1v) is 5.18. The van der Waals surface area contributed by atoms with Gasteiger partial charge in [0.15, 0.2) is 0 Å². The van der Waals surface area contributed by atoms with Crippen LogP contribution in [0.2, 0.25) is 0 Å². The molecule has 1 aromatic rings. The Balaban J connectivity index is 2.34. The number of phenolic OH excluding ortho intramolecular Hbond substituents is 1. The van der Waals surface area contributed by atoms with Crippen LogP contribution in [0.3, 0.4) is 0 Å². The number of hydrogen-bond acceptors (Lipinski definition) is 2. The normalized spacial score (nSPS) is 12.7. The van der Waals surface area contributed by atoms with Crippen molar-refractivity contribution in [3.05, 3.63) is 29.8 Å². The highest BCUT2D eigenvalue weighted by atomic mass is 16.3. The zero-order valence-corrected chi connectivity index (χ0v) is 8.61. The molecule has 14 heavy (non-hydrogen) atoms. The summed E-state index contributed by atoms with van der Waals surface area (Å²) in [6.45, 7) is 2.07. The second-order valence-corrected chi connectivity index (χ2v) is 3.65. The molecule has 0 aliphatic carbocycles. The Morgan fingerprint density at radius 2 is 1.79 bits per heavy atom. The van der Waals surface area contributed by atoms with Crippen molar-refractivity contribution in [2.45, 2.75) is 38.7 Å². The molecule has 0 fully saturated rings. The second kappa shape index (κ2) is 5.66. The molecule has 1 atom stereocenters. The number of hydrogen-bond donors (Lipinski definition) is 2. The fourth-order valence-corrected chi connectivity index (χ4v) is 1.47. The van der Waals surface area contributed by atoms with E-state index in [-0.39, 0.29) is 6.10 Å². The van der Waals surface area contributed by atoms with E-state index in [2.05, 4.69) is 6.92 Å². The van der Waals surface area contributed by atoms with E-state index in [4.69, 9.17) is 5.11 Å². The zero-order chi connectivity index (χ0) is 10.4. The van der Waals surface area contributed by atoms with Crippen molar-refractivity contribution in [3.63, 3.8) is 0 Å². The largest absolute Gasteiger partial charge is 0.508 e. The smallest absolute Gasteiger partial charge is 0.115 e. The summed E-state index contributed by atoms with van der Waals surface area (Å²) >= 11 is 0. The first-order valence-electron chi connectivity index (χ1n) is 5.18. The van der Waals surface area contributed by atoms with Crippen molar-refractivity contribution >= 4 is 0 Å². The monoisotopic (exact) mass is 194 g/mol. The van der Waals surface area contributed by atoms with Gasteiger partial charge in [0.1, 0.15) is 5.75 Å². The van der Waals surface area contributed by atoms with Crippen LogP contribution in [0, 0.1) is 0 Å². The van der Waals surface area contributed by atoms with E-state index in [1.54, 1.807) is 12.1 Å². The topological polar surface area (TPSA) is 40.5 Å². The summed E-state index contributed by atoms with van der Waals surface area (Å²) in [7, 11) is 0. The third-order valence-electron chi connectivity index (χ3n) is 2.32. The minimum Gasteiger partial charge on any atom is -0.508 e. The molecule has 0 saturated heterocycles. The molecule has 0 aliphatic heterocycles. The molecular formula is C12H18O2. The van der Waals surface area contributed by atoms with Gasteiger partial charge in [-0.1, -0.05) is 25.5 Å². The van der Waals surface area contributed by atoms with Gasteiger partial charge in [-0.2, -0.15) is 0 Å². The standard InChI is InChI=1S/C12H18O2/c1-2-3-11(13)7-4-10-5-8-12(14)9-6-10/h5-6,8-9,11,13-14H,2-4,7H2,1H3. The van der Waals surface area contributed by atoms with Crippen molar-refractivity contribution in [2.75, 3.05) is 0 Å². The quantitative estimate of drug-likeness (QED) is 0.756. The average Bonchev–Trinajstić information content (AvgIpc) is 2.17. The number of benzene rings is 1. The van der Waals surface area contributed by atoms with E-state index in [1.807, 2.05) is 12.1 Å². The minimum atomic E-state index is -0.186. The minimum absolute atomic E-state index is 0.186. The van der Waals surface area contributed by atoms with Crippen LogP contribution in [-0.4, -0.2) is 16.3 Å². The molecule has 0 aliphatic rings. The van der Waals surface area contributed by atoms with Crippen LogP contribution in [-0.2, 0) is 6.42 Å². The maximum atomic E-state index is 9.52. The van der Waals surface area contributed by atoms with Crippen LogP contribution in [0.15, 0.2) is 24.3 Å². The molecule has 0 bridgehead atoms. The highest BCUT2D eigenvalue weighted by molar-refractivity contribution is 5.25. The molecule has 1 aromatic carbocycles. The van der Waals surface area contributed by atoms with Gasteiger partial charge >= 0.3 is 0 Å². The molecule has 0 aromatic heterocycles. The summed E-state index contributed by atoms with van der Waals surface area (Å²) in [6, 6.07) is 7.16. The lowest BCUT2D eigenvalue weighted by Gasteiger charge is -2.08. The van der Waals surface area contributed by atoms with E-state index in [1.165, 1.54) is 0 Å². The van der Waals surface area contributed by atoms with Crippen molar-refractivity contribution in [3.8, 4) is 5.75 Å². The van der Waals surface area contributed by atoms with Gasteiger partial charge in [0.2, 0.25) is 0 Å². The lowest BCUT2D eigenvalue weighted by Crippen LogP contribution is -2.06. The van der Waals surface area contributed by atoms with Gasteiger partial charge in [-0.3, -0.25) is 0 Å². The maximum absolute atomic E-state index is 9.52. The fraction of sp³-hybridized carbons (Fsp3) is 0.500. The molecule has 1 unspecified atom stereocenters. The maximum Gasteiger partial charge on any atom is 0.115 e. The van der Waals surface area contributed by atoms with Gasteiger partial charge in [0.05, 0.1) is 6.10 Å². The Kier molecular flexibility index (Phi) is 4.47. The number of aliphatic hydroxyl groups excluding tert-OH is 1. The third kappa shape index (κ3) is 3.79. The Morgan fingerprint density at radius 3 is 2.36 bits per heavy atom. The lowest BCUT2D eigenvalue weighted by molar-refractivity contribution is 0.154. The van der Waals surface area contributed by atoms with Crippen LogP contribution in [0.25, 0.3) is 0 Å². The predicted molar refractivity (Wildman–Crippen MR) is 57.3 cm³/mol. The highest BCUT2D eigenvalue weighted by Gasteiger charge is 2.02. The van der Waals surface area contributed by atoms with Crippen molar-refractivity contribution < 1.29 is 10.2 Å². The predicted octanol–water partition coefficient (Wildman–Crippen LogP) is 2.49. The van der Waals surface area contributed by atoms with E-state index < -0.39 is 0 Å². The first-order chi connectivity index (χ1) is 6.72.